The first kappa shape index (κ1) is 11.2. The minimum absolute atomic E-state index is 0.266. The molecule has 0 aromatic heterocycles. The second-order valence-electron chi connectivity index (χ2n) is 4.19. The molecule has 3 nitrogen and oxygen atoms in total. The van der Waals surface area contributed by atoms with E-state index in [9.17, 15) is 4.39 Å². The van der Waals surface area contributed by atoms with Crippen molar-refractivity contribution in [3.63, 3.8) is 0 Å². The Morgan fingerprint density at radius 1 is 1.44 bits per heavy atom. The van der Waals surface area contributed by atoms with Gasteiger partial charge in [-0.15, -0.1) is 0 Å². The molecule has 16 heavy (non-hydrogen) atoms. The van der Waals surface area contributed by atoms with Gasteiger partial charge in [0, 0.05) is 18.3 Å². The molecular formula is C12H17FN2O. The molecule has 0 aliphatic heterocycles. The number of rotatable bonds is 6. The van der Waals surface area contributed by atoms with Crippen molar-refractivity contribution in [3.8, 4) is 5.75 Å². The van der Waals surface area contributed by atoms with Crippen LogP contribution in [0.5, 0.6) is 5.75 Å². The first-order chi connectivity index (χ1) is 7.75. The van der Waals surface area contributed by atoms with Crippen molar-refractivity contribution < 1.29 is 9.13 Å². The van der Waals surface area contributed by atoms with E-state index >= 15 is 0 Å². The van der Waals surface area contributed by atoms with Crippen LogP contribution in [0, 0.1) is 11.7 Å². The van der Waals surface area contributed by atoms with E-state index in [0.717, 1.165) is 19.0 Å². The molecule has 1 saturated carbocycles. The number of nitrogen functional groups attached to an aromatic ring is 1. The van der Waals surface area contributed by atoms with Crippen molar-refractivity contribution >= 4 is 5.69 Å². The topological polar surface area (TPSA) is 47.3 Å². The van der Waals surface area contributed by atoms with Crippen LogP contribution in [0.4, 0.5) is 10.1 Å². The molecule has 0 heterocycles. The van der Waals surface area contributed by atoms with Crippen LogP contribution in [0.3, 0.4) is 0 Å². The quantitative estimate of drug-likeness (QED) is 0.572. The van der Waals surface area contributed by atoms with Gasteiger partial charge in [-0.3, -0.25) is 0 Å². The predicted octanol–water partition coefficient (Wildman–Crippen LogP) is 1.79. The van der Waals surface area contributed by atoms with Gasteiger partial charge < -0.3 is 15.8 Å². The van der Waals surface area contributed by atoms with Crippen molar-refractivity contribution in [3.05, 3.63) is 24.0 Å². The fraction of sp³-hybridized carbons (Fsp3) is 0.500. The van der Waals surface area contributed by atoms with E-state index in [1.807, 2.05) is 0 Å². The molecular weight excluding hydrogens is 207 g/mol. The highest BCUT2D eigenvalue weighted by Crippen LogP contribution is 2.27. The minimum Gasteiger partial charge on any atom is -0.489 e. The second-order valence-corrected chi connectivity index (χ2v) is 4.19. The summed E-state index contributed by atoms with van der Waals surface area (Å²) in [6.45, 7) is 2.28. The number of hydrogen-bond acceptors (Lipinski definition) is 3. The molecule has 4 heteroatoms. The van der Waals surface area contributed by atoms with Crippen molar-refractivity contribution in [2.45, 2.75) is 12.8 Å². The van der Waals surface area contributed by atoms with E-state index in [0.29, 0.717) is 12.3 Å². The fourth-order valence-electron chi connectivity index (χ4n) is 1.50. The molecule has 0 unspecified atom stereocenters. The van der Waals surface area contributed by atoms with E-state index in [-0.39, 0.29) is 5.75 Å². The van der Waals surface area contributed by atoms with Gasteiger partial charge in [0.15, 0.2) is 11.6 Å². The maximum absolute atomic E-state index is 13.3. The lowest BCUT2D eigenvalue weighted by Gasteiger charge is -2.08. The zero-order valence-corrected chi connectivity index (χ0v) is 9.21. The number of halogens is 1. The lowest BCUT2D eigenvalue weighted by Crippen LogP contribution is -2.23. The predicted molar refractivity (Wildman–Crippen MR) is 61.9 cm³/mol. The summed E-state index contributed by atoms with van der Waals surface area (Å²) in [6, 6.07) is 4.47. The Hall–Kier alpha value is -1.29. The van der Waals surface area contributed by atoms with Gasteiger partial charge in [0.2, 0.25) is 0 Å². The van der Waals surface area contributed by atoms with Crippen molar-refractivity contribution in [1.29, 1.82) is 0 Å². The molecule has 0 saturated heterocycles. The third-order valence-electron chi connectivity index (χ3n) is 2.62. The maximum Gasteiger partial charge on any atom is 0.167 e. The van der Waals surface area contributed by atoms with E-state index in [1.54, 1.807) is 12.1 Å². The highest BCUT2D eigenvalue weighted by molar-refractivity contribution is 5.42. The van der Waals surface area contributed by atoms with Gasteiger partial charge in [0.05, 0.1) is 0 Å². The van der Waals surface area contributed by atoms with Crippen LogP contribution in [0.2, 0.25) is 0 Å². The van der Waals surface area contributed by atoms with Crippen LogP contribution < -0.4 is 15.8 Å². The molecule has 0 spiro atoms. The highest BCUT2D eigenvalue weighted by atomic mass is 19.1. The molecule has 1 aromatic carbocycles. The van der Waals surface area contributed by atoms with Crippen molar-refractivity contribution in [2.75, 3.05) is 25.4 Å². The van der Waals surface area contributed by atoms with Crippen LogP contribution >= 0.6 is 0 Å². The number of hydrogen-bond donors (Lipinski definition) is 2. The SMILES string of the molecule is Nc1ccc(OCCNCC2CC2)c(F)c1. The Balaban J connectivity index is 1.67. The molecule has 0 amide bonds. The Bertz CT molecular complexity index is 353. The maximum atomic E-state index is 13.3. The summed E-state index contributed by atoms with van der Waals surface area (Å²) in [4.78, 5) is 0. The lowest BCUT2D eigenvalue weighted by molar-refractivity contribution is 0.298. The van der Waals surface area contributed by atoms with Crippen LogP contribution in [-0.2, 0) is 0 Å². The van der Waals surface area contributed by atoms with Gasteiger partial charge in [0.25, 0.3) is 0 Å². The number of nitrogens with two attached hydrogens (primary N) is 1. The van der Waals surface area contributed by atoms with Gasteiger partial charge >= 0.3 is 0 Å². The Kier molecular flexibility index (Phi) is 3.62. The first-order valence-corrected chi connectivity index (χ1v) is 5.64. The van der Waals surface area contributed by atoms with Crippen molar-refractivity contribution in [1.82, 2.24) is 5.32 Å². The molecule has 88 valence electrons. The van der Waals surface area contributed by atoms with Gasteiger partial charge in [0.1, 0.15) is 6.61 Å². The summed E-state index contributed by atoms with van der Waals surface area (Å²) >= 11 is 0. The molecule has 1 aromatic rings. The monoisotopic (exact) mass is 224 g/mol. The summed E-state index contributed by atoms with van der Waals surface area (Å²) in [5.41, 5.74) is 5.85. The number of ether oxygens (including phenoxy) is 1. The Labute approximate surface area is 94.8 Å². The molecule has 0 bridgehead atoms. The van der Waals surface area contributed by atoms with Crippen LogP contribution in [0.15, 0.2) is 18.2 Å². The van der Waals surface area contributed by atoms with Crippen molar-refractivity contribution in [2.24, 2.45) is 5.92 Å². The average molecular weight is 224 g/mol. The standard InChI is InChI=1S/C12H17FN2O/c13-11-7-10(14)3-4-12(11)16-6-5-15-8-9-1-2-9/h3-4,7,9,15H,1-2,5-6,8,14H2. The first-order valence-electron chi connectivity index (χ1n) is 5.64. The van der Waals surface area contributed by atoms with Crippen LogP contribution in [0.1, 0.15) is 12.8 Å². The average Bonchev–Trinajstić information content (AvgIpc) is 3.04. The molecule has 2 rings (SSSR count). The zero-order chi connectivity index (χ0) is 11.4. The Morgan fingerprint density at radius 2 is 2.25 bits per heavy atom. The summed E-state index contributed by atoms with van der Waals surface area (Å²) in [5.74, 6) is 0.720. The lowest BCUT2D eigenvalue weighted by atomic mass is 10.3. The van der Waals surface area contributed by atoms with E-state index in [1.165, 1.54) is 18.9 Å². The van der Waals surface area contributed by atoms with E-state index in [4.69, 9.17) is 10.5 Å². The van der Waals surface area contributed by atoms with E-state index in [2.05, 4.69) is 5.32 Å². The smallest absolute Gasteiger partial charge is 0.167 e. The summed E-state index contributed by atoms with van der Waals surface area (Å²) in [5, 5.41) is 3.28. The largest absolute Gasteiger partial charge is 0.489 e. The van der Waals surface area contributed by atoms with Crippen LogP contribution in [0.25, 0.3) is 0 Å². The summed E-state index contributed by atoms with van der Waals surface area (Å²) in [7, 11) is 0. The second kappa shape index (κ2) is 5.16. The van der Waals surface area contributed by atoms with Gasteiger partial charge in [-0.2, -0.15) is 0 Å². The van der Waals surface area contributed by atoms with E-state index < -0.39 is 5.82 Å². The van der Waals surface area contributed by atoms with Gasteiger partial charge in [-0.25, -0.2) is 4.39 Å². The molecule has 3 N–H and O–H groups in total. The Morgan fingerprint density at radius 3 is 2.94 bits per heavy atom. The summed E-state index contributed by atoms with van der Waals surface area (Å²) < 4.78 is 18.6. The number of nitrogens with one attached hydrogen (secondary N) is 1. The molecule has 1 fully saturated rings. The van der Waals surface area contributed by atoms with Gasteiger partial charge in [-0.05, 0) is 37.4 Å². The minimum atomic E-state index is -0.401. The third kappa shape index (κ3) is 3.38. The highest BCUT2D eigenvalue weighted by Gasteiger charge is 2.19. The number of anilines is 1. The summed E-state index contributed by atoms with van der Waals surface area (Å²) in [6.07, 6.45) is 2.67. The van der Waals surface area contributed by atoms with Crippen LogP contribution in [-0.4, -0.2) is 19.7 Å². The zero-order valence-electron chi connectivity index (χ0n) is 9.21. The fourth-order valence-corrected chi connectivity index (χ4v) is 1.50. The van der Waals surface area contributed by atoms with Gasteiger partial charge in [-0.1, -0.05) is 0 Å². The molecule has 1 aliphatic rings. The number of benzene rings is 1. The normalized spacial score (nSPS) is 15.1. The molecule has 0 atom stereocenters. The third-order valence-corrected chi connectivity index (χ3v) is 2.62. The molecule has 0 radical (unpaired) electrons. The molecule has 1 aliphatic carbocycles.